The van der Waals surface area contributed by atoms with E-state index in [1.165, 1.54) is 0 Å². The number of amides is 3. The fourth-order valence-corrected chi connectivity index (χ4v) is 4.24. The Labute approximate surface area is 183 Å². The van der Waals surface area contributed by atoms with E-state index in [2.05, 4.69) is 5.32 Å². The minimum atomic E-state index is -0.591. The highest BCUT2D eigenvalue weighted by Gasteiger charge is 2.29. The van der Waals surface area contributed by atoms with E-state index in [0.717, 1.165) is 40.3 Å². The zero-order valence-corrected chi connectivity index (χ0v) is 17.3. The Balaban J connectivity index is 1.51. The van der Waals surface area contributed by atoms with Gasteiger partial charge in [-0.1, -0.05) is 18.2 Å². The van der Waals surface area contributed by atoms with Crippen LogP contribution in [0, 0.1) is 0 Å². The van der Waals surface area contributed by atoms with Crippen molar-refractivity contribution in [1.29, 1.82) is 0 Å². The molecule has 8 heteroatoms. The molecule has 0 radical (unpaired) electrons. The average molecular weight is 431 g/mol. The van der Waals surface area contributed by atoms with Crippen LogP contribution in [0.4, 0.5) is 4.79 Å². The molecule has 0 atom stereocenters. The van der Waals surface area contributed by atoms with Crippen molar-refractivity contribution < 1.29 is 23.5 Å². The van der Waals surface area contributed by atoms with Crippen LogP contribution in [-0.2, 0) is 16.0 Å². The van der Waals surface area contributed by atoms with Gasteiger partial charge < -0.3 is 14.5 Å². The number of nitrogens with one attached hydrogen (secondary N) is 1. The number of para-hydroxylation sites is 1. The lowest BCUT2D eigenvalue weighted by molar-refractivity contribution is -0.130. The Hall–Kier alpha value is -3.94. The first-order valence-electron chi connectivity index (χ1n) is 10.5. The maximum absolute atomic E-state index is 13.2. The monoisotopic (exact) mass is 431 g/mol. The minimum absolute atomic E-state index is 0.268. The highest BCUT2D eigenvalue weighted by atomic mass is 16.5. The predicted molar refractivity (Wildman–Crippen MR) is 117 cm³/mol. The van der Waals surface area contributed by atoms with E-state index in [9.17, 15) is 14.4 Å². The molecule has 1 aliphatic carbocycles. The van der Waals surface area contributed by atoms with Crippen LogP contribution in [0.15, 0.2) is 47.1 Å². The number of carbonyl (C=O) groups excluding carboxylic acids is 3. The third-order valence-electron chi connectivity index (χ3n) is 5.72. The van der Waals surface area contributed by atoms with Crippen LogP contribution >= 0.6 is 0 Å². The summed E-state index contributed by atoms with van der Waals surface area (Å²) >= 11 is 0. The number of hydrogen-bond acceptors (Lipinski definition) is 6. The van der Waals surface area contributed by atoms with Gasteiger partial charge in [0.05, 0.1) is 23.0 Å². The number of rotatable bonds is 4. The van der Waals surface area contributed by atoms with E-state index in [1.54, 1.807) is 6.26 Å². The summed E-state index contributed by atoms with van der Waals surface area (Å²) in [6.45, 7) is 0.169. The van der Waals surface area contributed by atoms with Gasteiger partial charge in [-0.2, -0.15) is 0 Å². The number of pyridine rings is 1. The number of esters is 1. The molecular formula is C24H21N3O5. The summed E-state index contributed by atoms with van der Waals surface area (Å²) in [4.78, 5) is 43.1. The highest BCUT2D eigenvalue weighted by molar-refractivity contribution is 6.07. The molecule has 8 nitrogen and oxygen atoms in total. The zero-order chi connectivity index (χ0) is 22.1. The average Bonchev–Trinajstić information content (AvgIpc) is 3.47. The molecular weight excluding hydrogens is 410 g/mol. The largest absolute Gasteiger partial charge is 0.465 e. The first-order valence-corrected chi connectivity index (χ1v) is 10.5. The van der Waals surface area contributed by atoms with Gasteiger partial charge in [0, 0.05) is 18.5 Å². The van der Waals surface area contributed by atoms with E-state index in [0.29, 0.717) is 29.4 Å². The van der Waals surface area contributed by atoms with Crippen molar-refractivity contribution in [3.63, 3.8) is 0 Å². The number of ether oxygens (including phenoxy) is 1. The van der Waals surface area contributed by atoms with Crippen LogP contribution in [0.1, 0.15) is 40.2 Å². The number of urea groups is 1. The lowest BCUT2D eigenvalue weighted by Crippen LogP contribution is -2.37. The summed E-state index contributed by atoms with van der Waals surface area (Å²) < 4.78 is 10.9. The van der Waals surface area contributed by atoms with E-state index in [4.69, 9.17) is 14.1 Å². The molecule has 3 amide bonds. The molecule has 1 N–H and O–H groups in total. The quantitative estimate of drug-likeness (QED) is 0.635. The number of fused-ring (bicyclic) bond motifs is 2. The third-order valence-corrected chi connectivity index (χ3v) is 5.72. The van der Waals surface area contributed by atoms with E-state index < -0.39 is 24.5 Å². The summed E-state index contributed by atoms with van der Waals surface area (Å²) in [5.41, 5.74) is 3.66. The number of furan rings is 1. The van der Waals surface area contributed by atoms with E-state index >= 15 is 0 Å². The fraction of sp³-hybridized carbons (Fsp3) is 0.250. The molecule has 0 unspecified atom stereocenters. The van der Waals surface area contributed by atoms with Gasteiger partial charge in [0.25, 0.3) is 5.91 Å². The Morgan fingerprint density at radius 2 is 2.06 bits per heavy atom. The third kappa shape index (κ3) is 3.64. The van der Waals surface area contributed by atoms with Gasteiger partial charge in [0.15, 0.2) is 6.61 Å². The summed E-state index contributed by atoms with van der Waals surface area (Å²) in [5, 5.41) is 3.24. The van der Waals surface area contributed by atoms with Crippen molar-refractivity contribution in [3.05, 3.63) is 65.2 Å². The van der Waals surface area contributed by atoms with Crippen LogP contribution < -0.4 is 5.32 Å². The second kappa shape index (κ2) is 8.30. The number of imide groups is 1. The summed E-state index contributed by atoms with van der Waals surface area (Å²) in [6.07, 6.45) is 5.91. The molecule has 3 heterocycles. The van der Waals surface area contributed by atoms with Crippen LogP contribution in [0.25, 0.3) is 22.6 Å². The molecule has 3 aromatic rings. The predicted octanol–water partition coefficient (Wildman–Crippen LogP) is 3.41. The van der Waals surface area contributed by atoms with Gasteiger partial charge in [-0.05, 0) is 54.7 Å². The van der Waals surface area contributed by atoms with Crippen LogP contribution in [-0.4, -0.2) is 47.5 Å². The van der Waals surface area contributed by atoms with E-state index in [1.807, 2.05) is 42.5 Å². The van der Waals surface area contributed by atoms with Gasteiger partial charge in [0.2, 0.25) is 0 Å². The summed E-state index contributed by atoms with van der Waals surface area (Å²) in [7, 11) is 0. The molecule has 0 bridgehead atoms. The van der Waals surface area contributed by atoms with Crippen molar-refractivity contribution in [1.82, 2.24) is 15.2 Å². The molecule has 32 heavy (non-hydrogen) atoms. The van der Waals surface area contributed by atoms with Gasteiger partial charge in [-0.25, -0.2) is 14.6 Å². The number of allylic oxidation sites excluding steroid dienone is 1. The van der Waals surface area contributed by atoms with Gasteiger partial charge >= 0.3 is 12.0 Å². The molecule has 0 spiro atoms. The van der Waals surface area contributed by atoms with E-state index in [-0.39, 0.29) is 6.54 Å². The van der Waals surface area contributed by atoms with Crippen LogP contribution in [0.3, 0.4) is 0 Å². The molecule has 1 aromatic carbocycles. The smallest absolute Gasteiger partial charge is 0.339 e. The summed E-state index contributed by atoms with van der Waals surface area (Å²) in [6, 6.07) is 10.6. The molecule has 1 fully saturated rings. The number of benzene rings is 1. The highest BCUT2D eigenvalue weighted by Crippen LogP contribution is 2.36. The van der Waals surface area contributed by atoms with Crippen molar-refractivity contribution in [2.24, 2.45) is 0 Å². The van der Waals surface area contributed by atoms with Gasteiger partial charge in [-0.3, -0.25) is 9.69 Å². The number of carbonyl (C=O) groups is 3. The summed E-state index contributed by atoms with van der Waals surface area (Å²) in [5.74, 6) is -0.410. The van der Waals surface area contributed by atoms with Crippen molar-refractivity contribution in [2.45, 2.75) is 19.3 Å². The lowest BCUT2D eigenvalue weighted by atomic mass is 9.86. The minimum Gasteiger partial charge on any atom is -0.465 e. The Bertz CT molecular complexity index is 1250. The lowest BCUT2D eigenvalue weighted by Gasteiger charge is -2.22. The Morgan fingerprint density at radius 1 is 1.19 bits per heavy atom. The Kier molecular flexibility index (Phi) is 5.18. The molecule has 2 aromatic heterocycles. The second-order valence-electron chi connectivity index (χ2n) is 7.72. The maximum atomic E-state index is 13.2. The Morgan fingerprint density at radius 3 is 2.84 bits per heavy atom. The second-order valence-corrected chi connectivity index (χ2v) is 7.72. The topological polar surface area (TPSA) is 102 Å². The standard InChI is InChI=1S/C24H21N3O5/c28-20(27-11-10-25-24(27)30)14-32-23(29)21-17-7-1-2-9-19(17)26-22-15(5-3-8-18(21)22)13-16-6-4-12-31-16/h1-2,4,6-7,9,12-13H,3,5,8,10-11,14H2,(H,25,30)/b15-13+. The molecule has 0 saturated carbocycles. The first kappa shape index (κ1) is 20.0. The SMILES string of the molecule is O=C(OCC(=O)N1CCNC1=O)c1c2c(nc3ccccc13)/C(=C/c1ccco1)CCC2. The van der Waals surface area contributed by atoms with Gasteiger partial charge in [-0.15, -0.1) is 0 Å². The number of aromatic nitrogens is 1. The molecule has 1 aliphatic heterocycles. The zero-order valence-electron chi connectivity index (χ0n) is 17.3. The molecule has 5 rings (SSSR count). The molecule has 162 valence electrons. The van der Waals surface area contributed by atoms with Gasteiger partial charge in [0.1, 0.15) is 5.76 Å². The van der Waals surface area contributed by atoms with Crippen molar-refractivity contribution in [2.75, 3.05) is 19.7 Å². The first-order chi connectivity index (χ1) is 15.6. The maximum Gasteiger partial charge on any atom is 0.339 e. The normalized spacial score (nSPS) is 16.8. The van der Waals surface area contributed by atoms with Crippen molar-refractivity contribution >= 4 is 40.5 Å². The van der Waals surface area contributed by atoms with Crippen LogP contribution in [0.5, 0.6) is 0 Å². The molecule has 1 saturated heterocycles. The number of hydrogen-bond donors (Lipinski definition) is 1. The van der Waals surface area contributed by atoms with Crippen LogP contribution in [0.2, 0.25) is 0 Å². The fourth-order valence-electron chi connectivity index (χ4n) is 4.24. The molecule has 2 aliphatic rings. The van der Waals surface area contributed by atoms with Crippen molar-refractivity contribution in [3.8, 4) is 0 Å². The number of nitrogens with zero attached hydrogens (tertiary/aromatic N) is 2.